The number of allylic oxidation sites excluding steroid dienone is 1. The molecule has 0 fully saturated rings. The molecule has 0 unspecified atom stereocenters. The molecular weight excluding hydrogens is 414 g/mol. The number of aliphatic hydroxyl groups is 3. The third-order valence-electron chi connectivity index (χ3n) is 6.95. The summed E-state index contributed by atoms with van der Waals surface area (Å²) in [6.07, 6.45) is 0.415. The molecule has 9 heteroatoms. The minimum Gasteiger partial charge on any atom is -0.510 e. The van der Waals surface area contributed by atoms with Gasteiger partial charge in [0.15, 0.2) is 17.2 Å². The molecule has 0 saturated carbocycles. The zero-order chi connectivity index (χ0) is 23.7. The van der Waals surface area contributed by atoms with E-state index in [-0.39, 0.29) is 29.8 Å². The van der Waals surface area contributed by atoms with Crippen molar-refractivity contribution in [2.24, 2.45) is 17.6 Å². The fourth-order valence-electron chi connectivity index (χ4n) is 5.56. The van der Waals surface area contributed by atoms with Gasteiger partial charge in [0.25, 0.3) is 5.91 Å². The predicted octanol–water partition coefficient (Wildman–Crippen LogP) is 1.07. The van der Waals surface area contributed by atoms with E-state index < -0.39 is 58.0 Å². The molecule has 0 saturated heterocycles. The van der Waals surface area contributed by atoms with Crippen LogP contribution in [0, 0.1) is 17.2 Å². The average Bonchev–Trinajstić information content (AvgIpc) is 2.70. The van der Waals surface area contributed by atoms with Crippen LogP contribution < -0.4 is 5.73 Å². The van der Waals surface area contributed by atoms with Crippen LogP contribution in [0.5, 0.6) is 0 Å². The summed E-state index contributed by atoms with van der Waals surface area (Å²) in [7, 11) is 3.25. The van der Waals surface area contributed by atoms with Crippen molar-refractivity contribution in [2.75, 3.05) is 14.1 Å². The van der Waals surface area contributed by atoms with Gasteiger partial charge in [0.2, 0.25) is 0 Å². The molecule has 1 amide bonds. The van der Waals surface area contributed by atoms with E-state index in [4.69, 9.17) is 11.1 Å². The zero-order valence-electron chi connectivity index (χ0n) is 18.0. The number of hydrogen-bond acceptors (Lipinski definition) is 8. The van der Waals surface area contributed by atoms with Crippen molar-refractivity contribution in [3.8, 4) is 0 Å². The number of amides is 1. The van der Waals surface area contributed by atoms with Crippen molar-refractivity contribution >= 4 is 23.2 Å². The third-order valence-corrected chi connectivity index (χ3v) is 6.95. The van der Waals surface area contributed by atoms with Gasteiger partial charge in [-0.2, -0.15) is 0 Å². The highest BCUT2D eigenvalue weighted by atomic mass is 16.3. The molecule has 0 aromatic heterocycles. The van der Waals surface area contributed by atoms with Crippen LogP contribution in [0.15, 0.2) is 40.9 Å². The number of aliphatic hydroxyl groups excluding tert-OH is 2. The van der Waals surface area contributed by atoms with E-state index >= 15 is 0 Å². The van der Waals surface area contributed by atoms with Crippen LogP contribution in [0.4, 0.5) is 0 Å². The predicted molar refractivity (Wildman–Crippen MR) is 115 cm³/mol. The van der Waals surface area contributed by atoms with E-state index in [1.165, 1.54) is 6.92 Å². The number of nitrogens with two attached hydrogens (primary N) is 1. The molecule has 3 aliphatic carbocycles. The van der Waals surface area contributed by atoms with Gasteiger partial charge >= 0.3 is 0 Å². The quantitative estimate of drug-likeness (QED) is 0.439. The molecular formula is C23H25N3O6. The highest BCUT2D eigenvalue weighted by Gasteiger charge is 2.61. The summed E-state index contributed by atoms with van der Waals surface area (Å²) >= 11 is 0. The van der Waals surface area contributed by atoms with Gasteiger partial charge in [0, 0.05) is 22.6 Å². The van der Waals surface area contributed by atoms with Gasteiger partial charge in [-0.15, -0.1) is 0 Å². The van der Waals surface area contributed by atoms with Crippen molar-refractivity contribution in [3.63, 3.8) is 0 Å². The maximum atomic E-state index is 13.4. The second-order valence-corrected chi connectivity index (χ2v) is 8.90. The number of fused-ring (bicyclic) bond motifs is 3. The molecule has 3 aliphatic rings. The number of nitrogens with one attached hydrogen (secondary N) is 1. The third kappa shape index (κ3) is 2.71. The summed E-state index contributed by atoms with van der Waals surface area (Å²) in [5, 5.41) is 42.1. The van der Waals surface area contributed by atoms with Crippen molar-refractivity contribution in [2.45, 2.75) is 31.4 Å². The van der Waals surface area contributed by atoms with Crippen molar-refractivity contribution in [1.82, 2.24) is 4.90 Å². The lowest BCUT2D eigenvalue weighted by atomic mass is 9.58. The molecule has 6 N–H and O–H groups in total. The minimum atomic E-state index is -2.37. The molecule has 0 spiro atoms. The summed E-state index contributed by atoms with van der Waals surface area (Å²) in [6, 6.07) is 3.86. The Labute approximate surface area is 184 Å². The number of nitrogens with zero attached hydrogens (tertiary/aromatic N) is 1. The Morgan fingerprint density at radius 3 is 2.47 bits per heavy atom. The van der Waals surface area contributed by atoms with Gasteiger partial charge in [-0.25, -0.2) is 0 Å². The second-order valence-electron chi connectivity index (χ2n) is 8.90. The maximum Gasteiger partial charge on any atom is 0.254 e. The summed E-state index contributed by atoms with van der Waals surface area (Å²) < 4.78 is 0. The molecule has 168 valence electrons. The van der Waals surface area contributed by atoms with E-state index in [1.807, 2.05) is 0 Å². The normalized spacial score (nSPS) is 29.6. The SMILES string of the molecule is CC(=O)c1cccc2c1C[C@H]1C[C@H]3[C@@H](N(C)C)C(O)=C(C(N)=O)C(=N)[C@@]3(O)C(O)=C1C2=O. The summed E-state index contributed by atoms with van der Waals surface area (Å²) in [5.74, 6) is -4.46. The smallest absolute Gasteiger partial charge is 0.254 e. The molecule has 0 aliphatic heterocycles. The zero-order valence-corrected chi connectivity index (χ0v) is 18.0. The molecule has 0 radical (unpaired) electrons. The fraction of sp³-hybridized carbons (Fsp3) is 0.391. The van der Waals surface area contributed by atoms with E-state index in [1.54, 1.807) is 37.2 Å². The minimum absolute atomic E-state index is 0.0376. The standard InChI is InChI=1S/C23H25N3O6/c1-9(27)11-5-4-6-12-13(11)7-10-8-14-17(26(2)3)19(29)16(22(25)31)20(24)23(14,32)21(30)15(10)18(12)28/h4-6,10,14,17,24,29-30,32H,7-8H2,1-3H3,(H2,25,31)/t10-,14-,17+,23+/m0/s1. The van der Waals surface area contributed by atoms with Gasteiger partial charge in [0.05, 0.1) is 11.8 Å². The molecule has 1 aromatic rings. The highest BCUT2D eigenvalue weighted by molar-refractivity contribution is 6.26. The first kappa shape index (κ1) is 21.9. The van der Waals surface area contributed by atoms with Crippen molar-refractivity contribution in [3.05, 3.63) is 57.6 Å². The second kappa shape index (κ2) is 7.11. The van der Waals surface area contributed by atoms with E-state index in [9.17, 15) is 29.7 Å². The number of rotatable bonds is 3. The molecule has 9 nitrogen and oxygen atoms in total. The lowest BCUT2D eigenvalue weighted by Gasteiger charge is -2.51. The van der Waals surface area contributed by atoms with E-state index in [2.05, 4.69) is 0 Å². The van der Waals surface area contributed by atoms with Crippen LogP contribution in [-0.2, 0) is 11.2 Å². The van der Waals surface area contributed by atoms with Crippen LogP contribution >= 0.6 is 0 Å². The number of ketones is 2. The first-order chi connectivity index (χ1) is 14.9. The Morgan fingerprint density at radius 1 is 1.25 bits per heavy atom. The van der Waals surface area contributed by atoms with Crippen LogP contribution in [0.2, 0.25) is 0 Å². The Morgan fingerprint density at radius 2 is 1.91 bits per heavy atom. The van der Waals surface area contributed by atoms with Gasteiger partial charge < -0.3 is 26.5 Å². The molecule has 1 aromatic carbocycles. The molecule has 32 heavy (non-hydrogen) atoms. The summed E-state index contributed by atoms with van der Waals surface area (Å²) in [4.78, 5) is 39.1. The first-order valence-electron chi connectivity index (χ1n) is 10.2. The monoisotopic (exact) mass is 439 g/mol. The van der Waals surface area contributed by atoms with Crippen molar-refractivity contribution < 1.29 is 29.7 Å². The lowest BCUT2D eigenvalue weighted by Crippen LogP contribution is -2.63. The highest BCUT2D eigenvalue weighted by Crippen LogP contribution is 2.51. The van der Waals surface area contributed by atoms with Crippen LogP contribution in [0.25, 0.3) is 0 Å². The van der Waals surface area contributed by atoms with Gasteiger partial charge in [-0.3, -0.25) is 19.3 Å². The van der Waals surface area contributed by atoms with Crippen LogP contribution in [0.3, 0.4) is 0 Å². The number of primary amides is 1. The largest absolute Gasteiger partial charge is 0.510 e. The Kier molecular flexibility index (Phi) is 4.87. The van der Waals surface area contributed by atoms with Crippen LogP contribution in [-0.4, -0.2) is 69.1 Å². The van der Waals surface area contributed by atoms with E-state index in [0.717, 1.165) is 0 Å². The Hall–Kier alpha value is -3.30. The molecule has 0 bridgehead atoms. The molecule has 0 heterocycles. The van der Waals surface area contributed by atoms with E-state index in [0.29, 0.717) is 11.1 Å². The number of Topliss-reactive ketones (excluding diaryl/α,β-unsaturated/α-hetero) is 2. The van der Waals surface area contributed by atoms with Crippen LogP contribution in [0.1, 0.15) is 39.6 Å². The molecule has 4 rings (SSSR count). The topological polar surface area (TPSA) is 165 Å². The fourth-order valence-corrected chi connectivity index (χ4v) is 5.56. The van der Waals surface area contributed by atoms with Gasteiger partial charge in [-0.1, -0.05) is 18.2 Å². The van der Waals surface area contributed by atoms with Crippen molar-refractivity contribution in [1.29, 1.82) is 5.41 Å². The number of carbonyl (C=O) groups is 3. The first-order valence-corrected chi connectivity index (χ1v) is 10.2. The summed E-state index contributed by atoms with van der Waals surface area (Å²) in [6.45, 7) is 1.42. The number of likely N-dealkylation sites (N-methyl/N-ethyl adjacent to an activating group) is 1. The maximum absolute atomic E-state index is 13.4. The average molecular weight is 439 g/mol. The van der Waals surface area contributed by atoms with Gasteiger partial charge in [0.1, 0.15) is 17.1 Å². The number of hydrogen-bond donors (Lipinski definition) is 5. The lowest BCUT2D eigenvalue weighted by molar-refractivity contribution is -0.114. The van der Waals surface area contributed by atoms with Gasteiger partial charge in [-0.05, 0) is 45.3 Å². The summed E-state index contributed by atoms with van der Waals surface area (Å²) in [5.41, 5.74) is 2.94. The Bertz CT molecular complexity index is 1160. The number of carbonyl (C=O) groups excluding carboxylic acids is 3. The molecule has 4 atom stereocenters. The Balaban J connectivity index is 1.96. The number of benzene rings is 1.